The van der Waals surface area contributed by atoms with Gasteiger partial charge in [0.15, 0.2) is 0 Å². The van der Waals surface area contributed by atoms with Crippen LogP contribution in [0.3, 0.4) is 0 Å². The normalized spacial score (nSPS) is 10.7. The second-order valence-electron chi connectivity index (χ2n) is 3.95. The van der Waals surface area contributed by atoms with Gasteiger partial charge in [0, 0.05) is 29.3 Å². The molecule has 0 unspecified atom stereocenters. The molecule has 0 spiro atoms. The van der Waals surface area contributed by atoms with E-state index in [0.29, 0.717) is 6.54 Å². The van der Waals surface area contributed by atoms with Crippen molar-refractivity contribution in [3.05, 3.63) is 53.4 Å². The van der Waals surface area contributed by atoms with Gasteiger partial charge in [-0.05, 0) is 23.8 Å². The Morgan fingerprint density at radius 1 is 1.28 bits per heavy atom. The van der Waals surface area contributed by atoms with E-state index in [2.05, 4.69) is 20.5 Å². The summed E-state index contributed by atoms with van der Waals surface area (Å²) in [4.78, 5) is 4.39. The Hall–Kier alpha value is -2.07. The summed E-state index contributed by atoms with van der Waals surface area (Å²) in [6.45, 7) is 0.685. The van der Waals surface area contributed by atoms with Crippen molar-refractivity contribution < 1.29 is 0 Å². The van der Waals surface area contributed by atoms with Crippen molar-refractivity contribution in [2.45, 2.75) is 6.54 Å². The minimum absolute atomic E-state index is 0.685. The first kappa shape index (κ1) is 11.0. The lowest BCUT2D eigenvalue weighted by molar-refractivity contribution is 1.09. The van der Waals surface area contributed by atoms with Gasteiger partial charge in [0.05, 0.1) is 17.4 Å². The summed E-state index contributed by atoms with van der Waals surface area (Å²) < 4.78 is 0. The van der Waals surface area contributed by atoms with Crippen molar-refractivity contribution in [3.8, 4) is 0 Å². The molecule has 0 radical (unpaired) electrons. The highest BCUT2D eigenvalue weighted by Crippen LogP contribution is 2.25. The van der Waals surface area contributed by atoms with E-state index in [4.69, 9.17) is 11.6 Å². The van der Waals surface area contributed by atoms with Crippen LogP contribution in [0, 0.1) is 0 Å². The van der Waals surface area contributed by atoms with Crippen LogP contribution in [0.15, 0.2) is 42.9 Å². The second kappa shape index (κ2) is 4.66. The molecule has 1 aromatic carbocycles. The molecule has 2 N–H and O–H groups in total. The number of nitrogens with zero attached hydrogens (tertiary/aromatic N) is 2. The topological polar surface area (TPSA) is 53.6 Å². The lowest BCUT2D eigenvalue weighted by atomic mass is 10.1. The highest BCUT2D eigenvalue weighted by molar-refractivity contribution is 6.35. The van der Waals surface area contributed by atoms with Gasteiger partial charge in [-0.25, -0.2) is 0 Å². The molecule has 0 aliphatic carbocycles. The number of hydrogen-bond donors (Lipinski definition) is 2. The summed E-state index contributed by atoms with van der Waals surface area (Å²) in [6, 6.07) is 7.76. The Labute approximate surface area is 109 Å². The van der Waals surface area contributed by atoms with E-state index in [0.717, 1.165) is 27.2 Å². The number of halogens is 1. The van der Waals surface area contributed by atoms with E-state index in [1.807, 2.05) is 30.5 Å². The molecule has 0 fully saturated rings. The molecule has 0 saturated heterocycles. The van der Waals surface area contributed by atoms with Crippen LogP contribution < -0.4 is 5.32 Å². The van der Waals surface area contributed by atoms with Crippen LogP contribution in [-0.2, 0) is 6.54 Å². The van der Waals surface area contributed by atoms with Gasteiger partial charge in [0.1, 0.15) is 0 Å². The lowest BCUT2D eigenvalue weighted by Crippen LogP contribution is -2.00. The summed E-state index contributed by atoms with van der Waals surface area (Å²) in [5.41, 5.74) is 2.99. The average Bonchev–Trinajstić information content (AvgIpc) is 2.92. The maximum Gasteiger partial charge on any atom is 0.0766 e. The molecule has 2 heterocycles. The monoisotopic (exact) mass is 258 g/mol. The Morgan fingerprint density at radius 3 is 3.06 bits per heavy atom. The third-order valence-corrected chi connectivity index (χ3v) is 3.11. The maximum absolute atomic E-state index is 6.15. The number of anilines is 1. The molecular weight excluding hydrogens is 248 g/mol. The van der Waals surface area contributed by atoms with Crippen LogP contribution in [0.4, 0.5) is 5.69 Å². The Morgan fingerprint density at radius 2 is 2.22 bits per heavy atom. The summed E-state index contributed by atoms with van der Waals surface area (Å²) in [6.07, 6.45) is 5.33. The van der Waals surface area contributed by atoms with Gasteiger partial charge in [0.2, 0.25) is 0 Å². The molecule has 3 rings (SSSR count). The molecular formula is C13H11ClN4. The Bertz CT molecular complexity index is 664. The molecule has 0 aliphatic rings. The summed E-state index contributed by atoms with van der Waals surface area (Å²) >= 11 is 6.15. The van der Waals surface area contributed by atoms with Crippen molar-refractivity contribution in [2.24, 2.45) is 0 Å². The Balaban J connectivity index is 1.94. The zero-order valence-corrected chi connectivity index (χ0v) is 10.3. The maximum atomic E-state index is 6.15. The van der Waals surface area contributed by atoms with Crippen molar-refractivity contribution in [1.82, 2.24) is 15.2 Å². The molecule has 18 heavy (non-hydrogen) atoms. The van der Waals surface area contributed by atoms with E-state index in [1.54, 1.807) is 12.4 Å². The van der Waals surface area contributed by atoms with Gasteiger partial charge >= 0.3 is 0 Å². The van der Waals surface area contributed by atoms with Crippen molar-refractivity contribution in [1.29, 1.82) is 0 Å². The number of nitrogens with one attached hydrogen (secondary N) is 2. The highest BCUT2D eigenvalue weighted by Gasteiger charge is 2.05. The van der Waals surface area contributed by atoms with Crippen LogP contribution in [0.25, 0.3) is 10.9 Å². The molecule has 3 aromatic rings. The number of benzene rings is 1. The lowest BCUT2D eigenvalue weighted by Gasteiger charge is -2.08. The quantitative estimate of drug-likeness (QED) is 0.758. The molecule has 0 aliphatic heterocycles. The van der Waals surface area contributed by atoms with Crippen molar-refractivity contribution in [3.63, 3.8) is 0 Å². The first-order valence-electron chi connectivity index (χ1n) is 5.59. The van der Waals surface area contributed by atoms with E-state index < -0.39 is 0 Å². The fourth-order valence-corrected chi connectivity index (χ4v) is 2.10. The molecule has 5 heteroatoms. The molecule has 0 atom stereocenters. The first-order valence-corrected chi connectivity index (χ1v) is 5.97. The number of aromatic amines is 1. The fourth-order valence-electron chi connectivity index (χ4n) is 1.88. The van der Waals surface area contributed by atoms with Crippen molar-refractivity contribution >= 4 is 28.2 Å². The van der Waals surface area contributed by atoms with Gasteiger partial charge < -0.3 is 5.32 Å². The van der Waals surface area contributed by atoms with Gasteiger partial charge in [-0.1, -0.05) is 17.7 Å². The summed E-state index contributed by atoms with van der Waals surface area (Å²) in [5, 5.41) is 11.6. The number of hydrogen-bond acceptors (Lipinski definition) is 3. The zero-order chi connectivity index (χ0) is 12.4. The predicted molar refractivity (Wildman–Crippen MR) is 72.7 cm³/mol. The van der Waals surface area contributed by atoms with Crippen LogP contribution >= 0.6 is 11.6 Å². The fraction of sp³-hybridized carbons (Fsp3) is 0.0769. The number of aromatic nitrogens is 3. The van der Waals surface area contributed by atoms with E-state index in [1.165, 1.54) is 0 Å². The molecule has 0 bridgehead atoms. The third kappa shape index (κ3) is 2.02. The van der Waals surface area contributed by atoms with Crippen molar-refractivity contribution in [2.75, 3.05) is 5.32 Å². The smallest absolute Gasteiger partial charge is 0.0766 e. The van der Waals surface area contributed by atoms with E-state index in [9.17, 15) is 0 Å². The minimum Gasteiger partial charge on any atom is -0.378 e. The van der Waals surface area contributed by atoms with Gasteiger partial charge in [-0.3, -0.25) is 10.1 Å². The third-order valence-electron chi connectivity index (χ3n) is 2.78. The summed E-state index contributed by atoms with van der Waals surface area (Å²) in [7, 11) is 0. The molecule has 4 nitrogen and oxygen atoms in total. The SMILES string of the molecule is Clc1ccc(CNc2cn[nH]c2)c2ncccc12. The number of rotatable bonds is 3. The predicted octanol–water partition coefficient (Wildman–Crippen LogP) is 3.22. The van der Waals surface area contributed by atoms with Crippen LogP contribution in [0.1, 0.15) is 5.56 Å². The number of pyridine rings is 1. The van der Waals surface area contributed by atoms with Crippen LogP contribution in [0.5, 0.6) is 0 Å². The van der Waals surface area contributed by atoms with Gasteiger partial charge in [0.25, 0.3) is 0 Å². The average molecular weight is 259 g/mol. The second-order valence-corrected chi connectivity index (χ2v) is 4.35. The largest absolute Gasteiger partial charge is 0.378 e. The van der Waals surface area contributed by atoms with Gasteiger partial charge in [-0.15, -0.1) is 0 Å². The molecule has 90 valence electrons. The van der Waals surface area contributed by atoms with Crippen LogP contribution in [0.2, 0.25) is 5.02 Å². The number of fused-ring (bicyclic) bond motifs is 1. The minimum atomic E-state index is 0.685. The van der Waals surface area contributed by atoms with E-state index in [-0.39, 0.29) is 0 Å². The number of H-pyrrole nitrogens is 1. The summed E-state index contributed by atoms with van der Waals surface area (Å²) in [5.74, 6) is 0. The standard InChI is InChI=1S/C13H11ClN4/c14-12-4-3-9(6-16-10-7-17-18-8-10)13-11(12)2-1-5-15-13/h1-5,7-8,16H,6H2,(H,17,18). The Kier molecular flexibility index (Phi) is 2.86. The van der Waals surface area contributed by atoms with E-state index >= 15 is 0 Å². The molecule has 0 saturated carbocycles. The zero-order valence-electron chi connectivity index (χ0n) is 9.52. The van der Waals surface area contributed by atoms with Crippen LogP contribution in [-0.4, -0.2) is 15.2 Å². The molecule has 0 amide bonds. The highest BCUT2D eigenvalue weighted by atomic mass is 35.5. The van der Waals surface area contributed by atoms with Gasteiger partial charge in [-0.2, -0.15) is 5.10 Å². The first-order chi connectivity index (χ1) is 8.84. The molecule has 2 aromatic heterocycles.